The van der Waals surface area contributed by atoms with Crippen LogP contribution in [0.3, 0.4) is 0 Å². The van der Waals surface area contributed by atoms with Crippen molar-refractivity contribution in [2.45, 2.75) is 18.9 Å². The van der Waals surface area contributed by atoms with Crippen molar-refractivity contribution in [3.8, 4) is 5.69 Å². The number of carboxylic acid groups (broad SMARTS) is 1. The van der Waals surface area contributed by atoms with E-state index in [1.54, 1.807) is 24.3 Å². The summed E-state index contributed by atoms with van der Waals surface area (Å²) in [5.41, 5.74) is 0.664. The lowest BCUT2D eigenvalue weighted by atomic mass is 10.0. The number of carbonyl (C=O) groups is 2. The Balaban J connectivity index is 1.57. The summed E-state index contributed by atoms with van der Waals surface area (Å²) in [6, 6.07) is 10.9. The lowest BCUT2D eigenvalue weighted by Crippen LogP contribution is -2.44. The predicted octanol–water partition coefficient (Wildman–Crippen LogP) is 1.33. The number of carbonyl (C=O) groups excluding carboxylic acids is 1. The maximum atomic E-state index is 12.4. The molecule has 2 heterocycles. The van der Waals surface area contributed by atoms with Gasteiger partial charge in [0.05, 0.1) is 5.69 Å². The summed E-state index contributed by atoms with van der Waals surface area (Å²) in [6.07, 6.45) is 2.26. The SMILES string of the molecule is CN(C)C1CCN(CCNC(=O)c2cc(C(=O)O)n(-c3ccccc3)n2)CC1. The molecule has 1 aromatic carbocycles. The number of para-hydroxylation sites is 1. The second-order valence-corrected chi connectivity index (χ2v) is 7.26. The van der Waals surface area contributed by atoms with Crippen LogP contribution in [0.25, 0.3) is 5.69 Å². The molecule has 0 bridgehead atoms. The van der Waals surface area contributed by atoms with Crippen LogP contribution >= 0.6 is 0 Å². The van der Waals surface area contributed by atoms with Gasteiger partial charge in [0.2, 0.25) is 0 Å². The van der Waals surface area contributed by atoms with Gasteiger partial charge in [0, 0.05) is 25.2 Å². The molecular formula is C20H27N5O3. The second kappa shape index (κ2) is 8.99. The highest BCUT2D eigenvalue weighted by Gasteiger charge is 2.22. The Labute approximate surface area is 164 Å². The molecule has 1 fully saturated rings. The summed E-state index contributed by atoms with van der Waals surface area (Å²) in [6.45, 7) is 3.32. The van der Waals surface area contributed by atoms with Gasteiger partial charge in [-0.25, -0.2) is 9.48 Å². The van der Waals surface area contributed by atoms with E-state index in [0.29, 0.717) is 18.3 Å². The van der Waals surface area contributed by atoms with Gasteiger partial charge in [-0.1, -0.05) is 18.2 Å². The summed E-state index contributed by atoms with van der Waals surface area (Å²) in [4.78, 5) is 28.6. The van der Waals surface area contributed by atoms with Crippen LogP contribution in [0, 0.1) is 0 Å². The van der Waals surface area contributed by atoms with Crippen LogP contribution in [0.1, 0.15) is 33.8 Å². The van der Waals surface area contributed by atoms with Crippen molar-refractivity contribution in [1.29, 1.82) is 0 Å². The van der Waals surface area contributed by atoms with Crippen LogP contribution in [0.15, 0.2) is 36.4 Å². The number of hydrogen-bond donors (Lipinski definition) is 2. The molecule has 2 N–H and O–H groups in total. The Morgan fingerprint density at radius 3 is 2.50 bits per heavy atom. The Bertz CT molecular complexity index is 811. The lowest BCUT2D eigenvalue weighted by molar-refractivity contribution is 0.0686. The van der Waals surface area contributed by atoms with Crippen molar-refractivity contribution in [2.75, 3.05) is 40.3 Å². The molecule has 0 unspecified atom stereocenters. The largest absolute Gasteiger partial charge is 0.477 e. The molecule has 3 rings (SSSR count). The first-order chi connectivity index (χ1) is 13.5. The first-order valence-corrected chi connectivity index (χ1v) is 9.51. The molecule has 1 aliphatic rings. The van der Waals surface area contributed by atoms with Crippen LogP contribution in [0.5, 0.6) is 0 Å². The van der Waals surface area contributed by atoms with Gasteiger partial charge in [-0.15, -0.1) is 0 Å². The zero-order chi connectivity index (χ0) is 20.1. The summed E-state index contributed by atoms with van der Waals surface area (Å²) in [5, 5.41) is 16.5. The average Bonchev–Trinajstić information content (AvgIpc) is 3.15. The fourth-order valence-corrected chi connectivity index (χ4v) is 3.49. The summed E-state index contributed by atoms with van der Waals surface area (Å²) in [5.74, 6) is -1.49. The first kappa shape index (κ1) is 20.0. The maximum Gasteiger partial charge on any atom is 0.354 e. The van der Waals surface area contributed by atoms with E-state index in [9.17, 15) is 14.7 Å². The van der Waals surface area contributed by atoms with E-state index >= 15 is 0 Å². The highest BCUT2D eigenvalue weighted by atomic mass is 16.4. The van der Waals surface area contributed by atoms with E-state index in [-0.39, 0.29) is 17.3 Å². The normalized spacial score (nSPS) is 15.7. The van der Waals surface area contributed by atoms with E-state index in [1.807, 2.05) is 6.07 Å². The van der Waals surface area contributed by atoms with Gasteiger partial charge in [0.25, 0.3) is 5.91 Å². The quantitative estimate of drug-likeness (QED) is 0.747. The number of piperidine rings is 1. The van der Waals surface area contributed by atoms with Crippen molar-refractivity contribution in [3.63, 3.8) is 0 Å². The number of likely N-dealkylation sites (tertiary alicyclic amines) is 1. The lowest BCUT2D eigenvalue weighted by Gasteiger charge is -2.35. The summed E-state index contributed by atoms with van der Waals surface area (Å²) < 4.78 is 1.28. The molecule has 28 heavy (non-hydrogen) atoms. The minimum absolute atomic E-state index is 0.0397. The highest BCUT2D eigenvalue weighted by molar-refractivity contribution is 5.95. The van der Waals surface area contributed by atoms with E-state index in [4.69, 9.17) is 0 Å². The highest BCUT2D eigenvalue weighted by Crippen LogP contribution is 2.14. The topological polar surface area (TPSA) is 90.7 Å². The second-order valence-electron chi connectivity index (χ2n) is 7.26. The summed E-state index contributed by atoms with van der Waals surface area (Å²) >= 11 is 0. The number of carboxylic acids is 1. The Morgan fingerprint density at radius 1 is 1.21 bits per heavy atom. The van der Waals surface area contributed by atoms with Crippen LogP contribution in [0.4, 0.5) is 0 Å². The number of aromatic nitrogens is 2. The van der Waals surface area contributed by atoms with Crippen LogP contribution in [-0.4, -0.2) is 82.9 Å². The minimum atomic E-state index is -1.13. The van der Waals surface area contributed by atoms with E-state index in [0.717, 1.165) is 32.5 Å². The number of nitrogens with one attached hydrogen (secondary N) is 1. The Kier molecular flexibility index (Phi) is 6.43. The maximum absolute atomic E-state index is 12.4. The molecule has 0 radical (unpaired) electrons. The van der Waals surface area contributed by atoms with Crippen LogP contribution in [0.2, 0.25) is 0 Å². The van der Waals surface area contributed by atoms with Crippen molar-refractivity contribution >= 4 is 11.9 Å². The van der Waals surface area contributed by atoms with Gasteiger partial charge < -0.3 is 20.2 Å². The molecule has 1 aliphatic heterocycles. The van der Waals surface area contributed by atoms with Crippen LogP contribution < -0.4 is 5.32 Å². The third kappa shape index (κ3) is 4.76. The predicted molar refractivity (Wildman–Crippen MR) is 106 cm³/mol. The number of rotatable bonds is 7. The Morgan fingerprint density at radius 2 is 1.89 bits per heavy atom. The molecular weight excluding hydrogens is 358 g/mol. The zero-order valence-electron chi connectivity index (χ0n) is 16.3. The van der Waals surface area contributed by atoms with Gasteiger partial charge in [-0.3, -0.25) is 4.79 Å². The summed E-state index contributed by atoms with van der Waals surface area (Å²) in [7, 11) is 4.22. The molecule has 8 nitrogen and oxygen atoms in total. The molecule has 1 saturated heterocycles. The number of amides is 1. The number of hydrogen-bond acceptors (Lipinski definition) is 5. The number of benzene rings is 1. The molecule has 1 aromatic heterocycles. The monoisotopic (exact) mass is 385 g/mol. The molecule has 0 spiro atoms. The molecule has 0 aliphatic carbocycles. The molecule has 8 heteroatoms. The van der Waals surface area contributed by atoms with Crippen molar-refractivity contribution in [2.24, 2.45) is 0 Å². The molecule has 150 valence electrons. The molecule has 0 saturated carbocycles. The third-order valence-electron chi connectivity index (χ3n) is 5.16. The zero-order valence-corrected chi connectivity index (χ0v) is 16.3. The standard InChI is InChI=1S/C20H27N5O3/c1-23(2)15-8-11-24(12-9-15)13-10-21-19(26)17-14-18(20(27)28)25(22-17)16-6-4-3-5-7-16/h3-7,14-15H,8-13H2,1-2H3,(H,21,26)(H,27,28). The molecule has 2 aromatic rings. The smallest absolute Gasteiger partial charge is 0.354 e. The first-order valence-electron chi connectivity index (χ1n) is 9.51. The van der Waals surface area contributed by atoms with Gasteiger partial charge in [-0.2, -0.15) is 5.10 Å². The molecule has 1 amide bonds. The fraction of sp³-hybridized carbons (Fsp3) is 0.450. The van der Waals surface area contributed by atoms with Gasteiger partial charge >= 0.3 is 5.97 Å². The minimum Gasteiger partial charge on any atom is -0.477 e. The molecule has 0 atom stereocenters. The fourth-order valence-electron chi connectivity index (χ4n) is 3.49. The van der Waals surface area contributed by atoms with E-state index in [1.165, 1.54) is 10.7 Å². The van der Waals surface area contributed by atoms with Crippen molar-refractivity contribution in [3.05, 3.63) is 47.8 Å². The van der Waals surface area contributed by atoms with Crippen molar-refractivity contribution < 1.29 is 14.7 Å². The van der Waals surface area contributed by atoms with Crippen LogP contribution in [-0.2, 0) is 0 Å². The average molecular weight is 385 g/mol. The van der Waals surface area contributed by atoms with Gasteiger partial charge in [0.15, 0.2) is 11.4 Å². The van der Waals surface area contributed by atoms with Gasteiger partial charge in [0.1, 0.15) is 0 Å². The van der Waals surface area contributed by atoms with E-state index < -0.39 is 5.97 Å². The number of aromatic carboxylic acids is 1. The Hall–Kier alpha value is -2.71. The van der Waals surface area contributed by atoms with E-state index in [2.05, 4.69) is 34.3 Å². The number of nitrogens with zero attached hydrogens (tertiary/aromatic N) is 4. The third-order valence-corrected chi connectivity index (χ3v) is 5.16. The van der Waals surface area contributed by atoms with Gasteiger partial charge in [-0.05, 0) is 52.2 Å². The van der Waals surface area contributed by atoms with Crippen molar-refractivity contribution in [1.82, 2.24) is 24.9 Å².